The van der Waals surface area contributed by atoms with Gasteiger partial charge in [-0.05, 0) is 25.5 Å². The lowest BCUT2D eigenvalue weighted by Gasteiger charge is -2.22. The molecule has 1 aromatic rings. The first kappa shape index (κ1) is 18.5. The zero-order valence-corrected chi connectivity index (χ0v) is 12.3. The molecule has 2 N–H and O–H groups in total. The number of nitrogens with zero attached hydrogens (tertiary/aromatic N) is 1. The van der Waals surface area contributed by atoms with Gasteiger partial charge in [0.1, 0.15) is 5.69 Å². The molecule has 0 aromatic carbocycles. The van der Waals surface area contributed by atoms with E-state index in [9.17, 15) is 18.0 Å². The van der Waals surface area contributed by atoms with Gasteiger partial charge in [-0.15, -0.1) is 12.4 Å². The van der Waals surface area contributed by atoms with Gasteiger partial charge in [-0.2, -0.15) is 13.2 Å². The van der Waals surface area contributed by atoms with Crippen molar-refractivity contribution in [1.82, 2.24) is 10.3 Å². The average molecular weight is 341 g/mol. The van der Waals surface area contributed by atoms with Crippen molar-refractivity contribution < 1.29 is 27.8 Å². The standard InChI is InChI=1S/C13H15F3N2O3.ClH/c14-13(15,16)10-4-9(12(19)20)5-11(18-10)21-7-8-2-1-3-17-6-8;/h4-5,8,17H,1-3,6-7H2,(H,19,20);1H. The summed E-state index contributed by atoms with van der Waals surface area (Å²) in [6.45, 7) is 1.85. The molecule has 124 valence electrons. The molecule has 9 heteroatoms. The molecule has 2 rings (SSSR count). The van der Waals surface area contributed by atoms with Crippen LogP contribution in [0.15, 0.2) is 12.1 Å². The lowest BCUT2D eigenvalue weighted by atomic mass is 10.0. The van der Waals surface area contributed by atoms with Gasteiger partial charge in [0.15, 0.2) is 0 Å². The molecular weight excluding hydrogens is 325 g/mol. The number of piperidine rings is 1. The maximum atomic E-state index is 12.7. The molecule has 1 atom stereocenters. The number of alkyl halides is 3. The minimum Gasteiger partial charge on any atom is -0.478 e. The fourth-order valence-corrected chi connectivity index (χ4v) is 2.12. The first-order chi connectivity index (χ1) is 9.86. The van der Waals surface area contributed by atoms with E-state index >= 15 is 0 Å². The van der Waals surface area contributed by atoms with Crippen molar-refractivity contribution in [2.75, 3.05) is 19.7 Å². The molecular formula is C13H16ClF3N2O3. The molecule has 0 spiro atoms. The highest BCUT2D eigenvalue weighted by Gasteiger charge is 2.34. The van der Waals surface area contributed by atoms with Crippen molar-refractivity contribution in [3.05, 3.63) is 23.4 Å². The van der Waals surface area contributed by atoms with Crippen LogP contribution in [0.25, 0.3) is 0 Å². The summed E-state index contributed by atoms with van der Waals surface area (Å²) in [5, 5.41) is 12.0. The number of ether oxygens (including phenoxy) is 1. The number of carboxylic acid groups (broad SMARTS) is 1. The lowest BCUT2D eigenvalue weighted by molar-refractivity contribution is -0.141. The van der Waals surface area contributed by atoms with Crippen molar-refractivity contribution in [1.29, 1.82) is 0 Å². The van der Waals surface area contributed by atoms with Crippen molar-refractivity contribution in [2.24, 2.45) is 5.92 Å². The third-order valence-corrected chi connectivity index (χ3v) is 3.21. The van der Waals surface area contributed by atoms with Gasteiger partial charge in [0, 0.05) is 18.5 Å². The number of carbonyl (C=O) groups is 1. The summed E-state index contributed by atoms with van der Waals surface area (Å²) in [7, 11) is 0. The van der Waals surface area contributed by atoms with E-state index in [0.29, 0.717) is 6.07 Å². The number of rotatable bonds is 4. The Bertz CT molecular complexity index is 520. The fourth-order valence-electron chi connectivity index (χ4n) is 2.12. The van der Waals surface area contributed by atoms with E-state index in [1.807, 2.05) is 0 Å². The predicted octanol–water partition coefficient (Wildman–Crippen LogP) is 2.60. The molecule has 0 aliphatic carbocycles. The minimum atomic E-state index is -4.71. The van der Waals surface area contributed by atoms with Gasteiger partial charge in [0.05, 0.1) is 12.2 Å². The van der Waals surface area contributed by atoms with Gasteiger partial charge in [-0.3, -0.25) is 0 Å². The molecule has 2 heterocycles. The molecule has 1 unspecified atom stereocenters. The molecule has 1 aliphatic rings. The smallest absolute Gasteiger partial charge is 0.433 e. The van der Waals surface area contributed by atoms with Crippen LogP contribution in [0.5, 0.6) is 5.88 Å². The van der Waals surface area contributed by atoms with E-state index in [1.54, 1.807) is 0 Å². The quantitative estimate of drug-likeness (QED) is 0.881. The Labute approximate surface area is 131 Å². The van der Waals surface area contributed by atoms with Crippen molar-refractivity contribution in [3.8, 4) is 5.88 Å². The van der Waals surface area contributed by atoms with Crippen LogP contribution in [0, 0.1) is 5.92 Å². The monoisotopic (exact) mass is 340 g/mol. The molecule has 0 bridgehead atoms. The topological polar surface area (TPSA) is 71.5 Å². The summed E-state index contributed by atoms with van der Waals surface area (Å²) in [6, 6.07) is 1.51. The minimum absolute atomic E-state index is 0. The maximum absolute atomic E-state index is 12.7. The van der Waals surface area contributed by atoms with Gasteiger partial charge in [-0.25, -0.2) is 9.78 Å². The largest absolute Gasteiger partial charge is 0.478 e. The van der Waals surface area contributed by atoms with E-state index in [-0.39, 0.29) is 30.8 Å². The number of carboxylic acids is 1. The average Bonchev–Trinajstić information content (AvgIpc) is 2.45. The predicted molar refractivity (Wildman–Crippen MR) is 74.5 cm³/mol. The number of halogens is 4. The van der Waals surface area contributed by atoms with Crippen LogP contribution in [0.4, 0.5) is 13.2 Å². The Morgan fingerprint density at radius 2 is 2.18 bits per heavy atom. The number of hydrogen-bond acceptors (Lipinski definition) is 4. The molecule has 22 heavy (non-hydrogen) atoms. The van der Waals surface area contributed by atoms with Gasteiger partial charge < -0.3 is 15.2 Å². The van der Waals surface area contributed by atoms with Gasteiger partial charge in [-0.1, -0.05) is 0 Å². The SMILES string of the molecule is Cl.O=C(O)c1cc(OCC2CCCNC2)nc(C(F)(F)F)c1. The molecule has 1 fully saturated rings. The zero-order chi connectivity index (χ0) is 15.5. The summed E-state index contributed by atoms with van der Waals surface area (Å²) in [5.74, 6) is -1.58. The molecule has 1 aromatic heterocycles. The Balaban J connectivity index is 0.00000242. The highest BCUT2D eigenvalue weighted by atomic mass is 35.5. The van der Waals surface area contributed by atoms with Crippen LogP contribution in [0.3, 0.4) is 0 Å². The second-order valence-electron chi connectivity index (χ2n) is 4.91. The zero-order valence-electron chi connectivity index (χ0n) is 11.5. The summed E-state index contributed by atoms with van der Waals surface area (Å²) in [5.41, 5.74) is -1.76. The Kier molecular flexibility index (Phi) is 6.43. The number of nitrogens with one attached hydrogen (secondary N) is 1. The number of hydrogen-bond donors (Lipinski definition) is 2. The van der Waals surface area contributed by atoms with Crippen LogP contribution in [0.2, 0.25) is 0 Å². The van der Waals surface area contributed by atoms with Gasteiger partial charge in [0.2, 0.25) is 5.88 Å². The fraction of sp³-hybridized carbons (Fsp3) is 0.538. The number of aromatic carboxylic acids is 1. The van der Waals surface area contributed by atoms with Crippen LogP contribution in [-0.2, 0) is 6.18 Å². The Morgan fingerprint density at radius 1 is 1.45 bits per heavy atom. The van der Waals surface area contributed by atoms with Crippen molar-refractivity contribution >= 4 is 18.4 Å². The van der Waals surface area contributed by atoms with Crippen molar-refractivity contribution in [2.45, 2.75) is 19.0 Å². The molecule has 0 radical (unpaired) electrons. The van der Waals surface area contributed by atoms with Crippen LogP contribution in [0.1, 0.15) is 28.9 Å². The van der Waals surface area contributed by atoms with Crippen molar-refractivity contribution in [3.63, 3.8) is 0 Å². The summed E-state index contributed by atoms with van der Waals surface area (Å²) in [4.78, 5) is 14.2. The van der Waals surface area contributed by atoms with E-state index in [4.69, 9.17) is 9.84 Å². The maximum Gasteiger partial charge on any atom is 0.433 e. The first-order valence-corrected chi connectivity index (χ1v) is 6.52. The third kappa shape index (κ3) is 5.03. The summed E-state index contributed by atoms with van der Waals surface area (Å²) >= 11 is 0. The highest BCUT2D eigenvalue weighted by molar-refractivity contribution is 5.88. The number of pyridine rings is 1. The second-order valence-corrected chi connectivity index (χ2v) is 4.91. The van der Waals surface area contributed by atoms with Crippen LogP contribution >= 0.6 is 12.4 Å². The van der Waals surface area contributed by atoms with Gasteiger partial charge >= 0.3 is 12.1 Å². The summed E-state index contributed by atoms with van der Waals surface area (Å²) < 4.78 is 43.3. The summed E-state index contributed by atoms with van der Waals surface area (Å²) in [6.07, 6.45) is -2.82. The molecule has 1 aliphatic heterocycles. The first-order valence-electron chi connectivity index (χ1n) is 6.52. The van der Waals surface area contributed by atoms with E-state index in [2.05, 4.69) is 10.3 Å². The number of aromatic nitrogens is 1. The highest BCUT2D eigenvalue weighted by Crippen LogP contribution is 2.30. The Morgan fingerprint density at radius 3 is 2.73 bits per heavy atom. The lowest BCUT2D eigenvalue weighted by Crippen LogP contribution is -2.33. The molecule has 0 saturated carbocycles. The second kappa shape index (κ2) is 7.64. The van der Waals surface area contributed by atoms with Gasteiger partial charge in [0.25, 0.3) is 0 Å². The Hall–Kier alpha value is -1.54. The molecule has 5 nitrogen and oxygen atoms in total. The third-order valence-electron chi connectivity index (χ3n) is 3.21. The molecule has 1 saturated heterocycles. The van der Waals surface area contributed by atoms with Crippen LogP contribution < -0.4 is 10.1 Å². The van der Waals surface area contributed by atoms with E-state index in [0.717, 1.165) is 32.0 Å². The van der Waals surface area contributed by atoms with E-state index in [1.165, 1.54) is 0 Å². The van der Waals surface area contributed by atoms with E-state index < -0.39 is 23.4 Å². The van der Waals surface area contributed by atoms with Crippen LogP contribution in [-0.4, -0.2) is 35.8 Å². The normalized spacial score (nSPS) is 18.4. The molecule has 0 amide bonds.